The van der Waals surface area contributed by atoms with E-state index in [1.165, 1.54) is 28.6 Å². The molecule has 5 rings (SSSR count). The highest BCUT2D eigenvalue weighted by molar-refractivity contribution is 7.99. The lowest BCUT2D eigenvalue weighted by Gasteiger charge is -2.17. The van der Waals surface area contributed by atoms with Crippen LogP contribution in [0.4, 0.5) is 14.6 Å². The van der Waals surface area contributed by atoms with Gasteiger partial charge in [0.15, 0.2) is 33.8 Å². The van der Waals surface area contributed by atoms with E-state index in [0.717, 1.165) is 18.6 Å². The van der Waals surface area contributed by atoms with Crippen molar-refractivity contribution in [3.05, 3.63) is 23.8 Å². The summed E-state index contributed by atoms with van der Waals surface area (Å²) in [6, 6.07) is -0.595. The first kappa shape index (κ1) is 25.5. The number of aliphatic hydroxyl groups excluding tert-OH is 3. The third kappa shape index (κ3) is 4.99. The SMILES string of the molecule is CCCSc1nc(NC2CC2C2C=C(F)C(F)=CC2)c2nnn(C3CC(OCCO)C(O)C3O)c2n1. The minimum Gasteiger partial charge on any atom is -0.394 e. The molecule has 13 heteroatoms. The van der Waals surface area contributed by atoms with Crippen LogP contribution in [-0.4, -0.2) is 83.6 Å². The molecule has 0 amide bonds. The van der Waals surface area contributed by atoms with Crippen molar-refractivity contribution in [3.63, 3.8) is 0 Å². The van der Waals surface area contributed by atoms with Crippen LogP contribution >= 0.6 is 11.8 Å². The monoisotopic (exact) mass is 524 g/mol. The fourth-order valence-corrected chi connectivity index (χ4v) is 5.67. The van der Waals surface area contributed by atoms with Crippen LogP contribution < -0.4 is 5.32 Å². The van der Waals surface area contributed by atoms with Gasteiger partial charge in [-0.25, -0.2) is 23.4 Å². The highest BCUT2D eigenvalue weighted by atomic mass is 32.2. The molecule has 2 saturated carbocycles. The number of allylic oxidation sites excluding steroid dienone is 4. The van der Waals surface area contributed by atoms with Gasteiger partial charge in [0, 0.05) is 18.2 Å². The first-order valence-electron chi connectivity index (χ1n) is 12.3. The lowest BCUT2D eigenvalue weighted by atomic mass is 9.94. The normalized spacial score (nSPS) is 32.0. The highest BCUT2D eigenvalue weighted by Gasteiger charge is 2.46. The molecule has 3 aliphatic rings. The van der Waals surface area contributed by atoms with Gasteiger partial charge in [0.1, 0.15) is 12.2 Å². The molecular formula is C23H30F2N6O4S. The lowest BCUT2D eigenvalue weighted by molar-refractivity contribution is -0.0629. The molecule has 7 unspecified atom stereocenters. The van der Waals surface area contributed by atoms with Gasteiger partial charge in [-0.3, -0.25) is 0 Å². The molecule has 2 aromatic rings. The Balaban J connectivity index is 1.40. The second-order valence-electron chi connectivity index (χ2n) is 9.44. The Bertz CT molecular complexity index is 1160. The molecule has 0 aromatic carbocycles. The van der Waals surface area contributed by atoms with Crippen molar-refractivity contribution < 1.29 is 28.8 Å². The summed E-state index contributed by atoms with van der Waals surface area (Å²) >= 11 is 1.49. The maximum absolute atomic E-state index is 13.7. The Labute approximate surface area is 210 Å². The minimum absolute atomic E-state index is 0.0241. The average molecular weight is 525 g/mol. The van der Waals surface area contributed by atoms with E-state index in [0.29, 0.717) is 28.6 Å². The quantitative estimate of drug-likeness (QED) is 0.270. The van der Waals surface area contributed by atoms with E-state index in [1.807, 2.05) is 0 Å². The van der Waals surface area contributed by atoms with Gasteiger partial charge in [0.25, 0.3) is 0 Å². The van der Waals surface area contributed by atoms with Crippen LogP contribution in [0.15, 0.2) is 29.0 Å². The Morgan fingerprint density at radius 1 is 1.19 bits per heavy atom. The number of ether oxygens (including phenoxy) is 1. The largest absolute Gasteiger partial charge is 0.394 e. The first-order valence-corrected chi connectivity index (χ1v) is 13.2. The van der Waals surface area contributed by atoms with Gasteiger partial charge >= 0.3 is 0 Å². The van der Waals surface area contributed by atoms with Crippen molar-refractivity contribution >= 4 is 28.7 Å². The van der Waals surface area contributed by atoms with Gasteiger partial charge in [-0.1, -0.05) is 23.9 Å². The van der Waals surface area contributed by atoms with Crippen molar-refractivity contribution in [2.24, 2.45) is 11.8 Å². The van der Waals surface area contributed by atoms with Gasteiger partial charge in [-0.05, 0) is 43.3 Å². The second kappa shape index (κ2) is 10.7. The molecule has 2 fully saturated rings. The fourth-order valence-electron chi connectivity index (χ4n) is 4.97. The number of aliphatic hydroxyl groups is 3. The van der Waals surface area contributed by atoms with E-state index in [9.17, 15) is 19.0 Å². The smallest absolute Gasteiger partial charge is 0.191 e. The second-order valence-corrected chi connectivity index (χ2v) is 10.5. The Kier molecular flexibility index (Phi) is 7.54. The minimum atomic E-state index is -1.15. The van der Waals surface area contributed by atoms with E-state index < -0.39 is 36.0 Å². The summed E-state index contributed by atoms with van der Waals surface area (Å²) in [5, 5.41) is 42.6. The van der Waals surface area contributed by atoms with Gasteiger partial charge in [-0.2, -0.15) is 0 Å². The zero-order valence-corrected chi connectivity index (χ0v) is 20.6. The van der Waals surface area contributed by atoms with Crippen molar-refractivity contribution in [1.82, 2.24) is 25.0 Å². The molecule has 2 heterocycles. The summed E-state index contributed by atoms with van der Waals surface area (Å²) in [4.78, 5) is 9.30. The van der Waals surface area contributed by atoms with E-state index in [-0.39, 0.29) is 37.5 Å². The number of anilines is 1. The van der Waals surface area contributed by atoms with Gasteiger partial charge in [-0.15, -0.1) is 5.10 Å². The third-order valence-electron chi connectivity index (χ3n) is 6.94. The first-order chi connectivity index (χ1) is 17.4. The number of hydrogen-bond acceptors (Lipinski definition) is 10. The maximum Gasteiger partial charge on any atom is 0.191 e. The fraction of sp³-hybridized carbons (Fsp3) is 0.652. The maximum atomic E-state index is 13.7. The highest BCUT2D eigenvalue weighted by Crippen LogP contribution is 2.45. The topological polar surface area (TPSA) is 138 Å². The number of nitrogens with one attached hydrogen (secondary N) is 1. The average Bonchev–Trinajstić information content (AvgIpc) is 3.41. The van der Waals surface area contributed by atoms with Crippen LogP contribution in [0.1, 0.15) is 38.6 Å². The third-order valence-corrected chi connectivity index (χ3v) is 8.00. The van der Waals surface area contributed by atoms with Gasteiger partial charge < -0.3 is 25.4 Å². The number of fused-ring (bicyclic) bond motifs is 1. The van der Waals surface area contributed by atoms with E-state index in [1.54, 1.807) is 0 Å². The molecule has 4 N–H and O–H groups in total. The summed E-state index contributed by atoms with van der Waals surface area (Å²) in [5.41, 5.74) is 0.857. The van der Waals surface area contributed by atoms with Crippen LogP contribution in [0.5, 0.6) is 0 Å². The van der Waals surface area contributed by atoms with E-state index in [2.05, 4.69) is 32.5 Å². The molecule has 2 aromatic heterocycles. The summed E-state index contributed by atoms with van der Waals surface area (Å²) in [6.45, 7) is 1.92. The predicted octanol–water partition coefficient (Wildman–Crippen LogP) is 2.29. The Hall–Kier alpha value is -2.19. The molecule has 3 aliphatic carbocycles. The number of rotatable bonds is 10. The molecule has 36 heavy (non-hydrogen) atoms. The number of hydrogen-bond donors (Lipinski definition) is 4. The van der Waals surface area contributed by atoms with Gasteiger partial charge in [0.2, 0.25) is 0 Å². The summed E-state index contributed by atoms with van der Waals surface area (Å²) in [5.74, 6) is -0.240. The molecule has 196 valence electrons. The molecule has 0 spiro atoms. The van der Waals surface area contributed by atoms with Crippen LogP contribution in [0.25, 0.3) is 11.2 Å². The summed E-state index contributed by atoms with van der Waals surface area (Å²) in [6.07, 6.45) is 2.17. The van der Waals surface area contributed by atoms with Crippen LogP contribution in [0.3, 0.4) is 0 Å². The molecule has 10 nitrogen and oxygen atoms in total. The number of aromatic nitrogens is 5. The standard InChI is InChI=1S/C23H30F2N6O4S/c1-2-7-36-23-27-21(26-15-9-12(15)11-3-4-13(24)14(25)8-11)18-22(28-23)31(30-29-18)16-10-17(35-6-5-32)20(34)19(16)33/h4,8,11-12,15-17,19-20,32-34H,2-3,5-7,9-10H2,1H3,(H,26,27,28). The zero-order valence-electron chi connectivity index (χ0n) is 19.8. The number of nitrogens with zero attached hydrogens (tertiary/aromatic N) is 5. The number of halogens is 2. The van der Waals surface area contributed by atoms with Crippen molar-refractivity contribution in [2.45, 2.75) is 68.2 Å². The molecule has 0 bridgehead atoms. The molecule has 0 aliphatic heterocycles. The molecule has 0 radical (unpaired) electrons. The van der Waals surface area contributed by atoms with Crippen LogP contribution in [0, 0.1) is 11.8 Å². The zero-order chi connectivity index (χ0) is 25.4. The van der Waals surface area contributed by atoms with Gasteiger partial charge in [0.05, 0.1) is 25.4 Å². The molecular weight excluding hydrogens is 494 g/mol. The Morgan fingerprint density at radius 2 is 2.03 bits per heavy atom. The predicted molar refractivity (Wildman–Crippen MR) is 129 cm³/mol. The van der Waals surface area contributed by atoms with Crippen LogP contribution in [0.2, 0.25) is 0 Å². The summed E-state index contributed by atoms with van der Waals surface area (Å²) < 4.78 is 34.1. The van der Waals surface area contributed by atoms with Crippen molar-refractivity contribution in [3.8, 4) is 0 Å². The lowest BCUT2D eigenvalue weighted by Crippen LogP contribution is -2.33. The summed E-state index contributed by atoms with van der Waals surface area (Å²) in [7, 11) is 0. The number of thioether (sulfide) groups is 1. The van der Waals surface area contributed by atoms with Crippen LogP contribution in [-0.2, 0) is 4.74 Å². The van der Waals surface area contributed by atoms with E-state index >= 15 is 0 Å². The Morgan fingerprint density at radius 3 is 2.78 bits per heavy atom. The van der Waals surface area contributed by atoms with Crippen molar-refractivity contribution in [1.29, 1.82) is 0 Å². The molecule has 7 atom stereocenters. The van der Waals surface area contributed by atoms with E-state index in [4.69, 9.17) is 9.84 Å². The molecule has 0 saturated heterocycles. The van der Waals surface area contributed by atoms with Crippen molar-refractivity contribution in [2.75, 3.05) is 24.3 Å².